The highest BCUT2D eigenvalue weighted by Gasteiger charge is 2.49. The second kappa shape index (κ2) is 6.23. The van der Waals surface area contributed by atoms with E-state index in [1.165, 1.54) is 4.90 Å². The normalized spacial score (nSPS) is 28.2. The molecule has 25 heavy (non-hydrogen) atoms. The lowest BCUT2D eigenvalue weighted by atomic mass is 10.0. The molecule has 1 heterocycles. The molecule has 4 rings (SSSR count). The summed E-state index contributed by atoms with van der Waals surface area (Å²) in [6.45, 7) is 0.164. The van der Waals surface area contributed by atoms with Crippen molar-refractivity contribution in [2.75, 3.05) is 6.54 Å². The molecule has 2 aromatic carbocycles. The lowest BCUT2D eigenvalue weighted by Gasteiger charge is -2.25. The number of rotatable bonds is 3. The van der Waals surface area contributed by atoms with Crippen LogP contribution in [-0.2, 0) is 4.79 Å². The Morgan fingerprint density at radius 1 is 1.08 bits per heavy atom. The van der Waals surface area contributed by atoms with Gasteiger partial charge >= 0.3 is 0 Å². The van der Waals surface area contributed by atoms with E-state index in [1.807, 2.05) is 30.3 Å². The van der Waals surface area contributed by atoms with Crippen molar-refractivity contribution in [3.8, 4) is 0 Å². The number of nitrogens with zero attached hydrogens (tertiary/aromatic N) is 1. The number of aliphatic hydroxyl groups excluding tert-OH is 1. The molecule has 1 N–H and O–H groups in total. The van der Waals surface area contributed by atoms with Crippen molar-refractivity contribution in [2.24, 2.45) is 5.92 Å². The van der Waals surface area contributed by atoms with Crippen LogP contribution in [0.25, 0.3) is 0 Å². The van der Waals surface area contributed by atoms with Gasteiger partial charge in [-0.3, -0.25) is 4.79 Å². The minimum Gasteiger partial charge on any atom is -0.391 e. The lowest BCUT2D eigenvalue weighted by Crippen LogP contribution is -2.33. The van der Waals surface area contributed by atoms with E-state index in [1.54, 1.807) is 0 Å². The average molecular weight is 343 g/mol. The number of carbonyl (C=O) groups excluding carboxylic acids is 1. The lowest BCUT2D eigenvalue weighted by molar-refractivity contribution is -0.134. The van der Waals surface area contributed by atoms with Crippen LogP contribution in [0.4, 0.5) is 8.78 Å². The van der Waals surface area contributed by atoms with Gasteiger partial charge in [-0.05, 0) is 42.5 Å². The molecule has 1 aliphatic heterocycles. The van der Waals surface area contributed by atoms with E-state index in [0.717, 1.165) is 30.2 Å². The van der Waals surface area contributed by atoms with Gasteiger partial charge in [0.15, 0.2) is 0 Å². The van der Waals surface area contributed by atoms with E-state index in [9.17, 15) is 18.7 Å². The van der Waals surface area contributed by atoms with Crippen LogP contribution < -0.4 is 0 Å². The smallest absolute Gasteiger partial charge is 0.226 e. The molecular formula is C20H19F2NO2. The standard InChI is InChI=1S/C20H19F2NO2/c21-13-6-7-18(22)17(8-13)19-9-14(24)11-23(19)20(25)16-10-15(16)12-4-2-1-3-5-12/h1-8,14-16,19,24H,9-11H2. The van der Waals surface area contributed by atoms with Crippen molar-refractivity contribution < 1.29 is 18.7 Å². The first-order valence-electron chi connectivity index (χ1n) is 8.53. The van der Waals surface area contributed by atoms with Crippen molar-refractivity contribution in [3.63, 3.8) is 0 Å². The number of aliphatic hydroxyl groups is 1. The highest BCUT2D eigenvalue weighted by Crippen LogP contribution is 2.50. The Bertz CT molecular complexity index is 796. The van der Waals surface area contributed by atoms with Crippen molar-refractivity contribution in [1.29, 1.82) is 0 Å². The van der Waals surface area contributed by atoms with Gasteiger partial charge in [0.05, 0.1) is 12.1 Å². The van der Waals surface area contributed by atoms with Gasteiger partial charge < -0.3 is 10.0 Å². The number of β-amino-alcohol motifs (C(OH)–C–C–N with tert-alkyl or cyclic N) is 1. The second-order valence-corrected chi connectivity index (χ2v) is 6.92. The zero-order chi connectivity index (χ0) is 17.6. The maximum absolute atomic E-state index is 14.2. The fraction of sp³-hybridized carbons (Fsp3) is 0.350. The van der Waals surface area contributed by atoms with Crippen molar-refractivity contribution in [2.45, 2.75) is 30.9 Å². The number of carbonyl (C=O) groups is 1. The molecule has 0 bridgehead atoms. The zero-order valence-corrected chi connectivity index (χ0v) is 13.6. The molecule has 5 heteroatoms. The Morgan fingerprint density at radius 3 is 2.60 bits per heavy atom. The summed E-state index contributed by atoms with van der Waals surface area (Å²) in [6, 6.07) is 12.5. The summed E-state index contributed by atoms with van der Waals surface area (Å²) in [4.78, 5) is 14.4. The molecule has 130 valence electrons. The fourth-order valence-electron chi connectivity index (χ4n) is 3.87. The van der Waals surface area contributed by atoms with Crippen LogP contribution in [0.5, 0.6) is 0 Å². The van der Waals surface area contributed by atoms with Gasteiger partial charge in [0.25, 0.3) is 0 Å². The van der Waals surface area contributed by atoms with Crippen molar-refractivity contribution in [1.82, 2.24) is 4.90 Å². The van der Waals surface area contributed by atoms with Crippen molar-refractivity contribution in [3.05, 3.63) is 71.3 Å². The molecule has 2 fully saturated rings. The number of halogens is 2. The Kier molecular flexibility index (Phi) is 4.04. The number of amides is 1. The molecule has 0 radical (unpaired) electrons. The fourth-order valence-corrected chi connectivity index (χ4v) is 3.87. The largest absolute Gasteiger partial charge is 0.391 e. The van der Waals surface area contributed by atoms with Gasteiger partial charge in [-0.2, -0.15) is 0 Å². The quantitative estimate of drug-likeness (QED) is 0.928. The van der Waals surface area contributed by atoms with Crippen LogP contribution in [0, 0.1) is 17.6 Å². The predicted molar refractivity (Wildman–Crippen MR) is 88.7 cm³/mol. The SMILES string of the molecule is O=C(C1CC1c1ccccc1)N1CC(O)CC1c1cc(F)ccc1F. The highest BCUT2D eigenvalue weighted by molar-refractivity contribution is 5.83. The first kappa shape index (κ1) is 16.2. The monoisotopic (exact) mass is 343 g/mol. The topological polar surface area (TPSA) is 40.5 Å². The molecule has 2 aromatic rings. The summed E-state index contributed by atoms with van der Waals surface area (Å²) in [7, 11) is 0. The summed E-state index contributed by atoms with van der Waals surface area (Å²) in [5.74, 6) is -1.15. The maximum Gasteiger partial charge on any atom is 0.226 e. The maximum atomic E-state index is 14.2. The Hall–Kier alpha value is -2.27. The summed E-state index contributed by atoms with van der Waals surface area (Å²) < 4.78 is 27.7. The molecule has 0 spiro atoms. The van der Waals surface area contributed by atoms with Crippen LogP contribution in [-0.4, -0.2) is 28.6 Å². The average Bonchev–Trinajstić information content (AvgIpc) is 3.33. The minimum atomic E-state index is -0.717. The van der Waals surface area contributed by atoms with Gasteiger partial charge in [0.1, 0.15) is 11.6 Å². The van der Waals surface area contributed by atoms with Crippen LogP contribution in [0.15, 0.2) is 48.5 Å². The minimum absolute atomic E-state index is 0.0842. The van der Waals surface area contributed by atoms with Gasteiger partial charge in [0, 0.05) is 18.0 Å². The number of likely N-dealkylation sites (tertiary alicyclic amines) is 1. The van der Waals surface area contributed by atoms with E-state index >= 15 is 0 Å². The van der Waals surface area contributed by atoms with Gasteiger partial charge in [-0.25, -0.2) is 8.78 Å². The molecule has 1 aliphatic carbocycles. The van der Waals surface area contributed by atoms with E-state index in [2.05, 4.69) is 0 Å². The summed E-state index contributed by atoms with van der Waals surface area (Å²) >= 11 is 0. The Balaban J connectivity index is 1.56. The Labute approximate surface area is 144 Å². The van der Waals surface area contributed by atoms with E-state index in [-0.39, 0.29) is 36.3 Å². The zero-order valence-electron chi connectivity index (χ0n) is 13.6. The molecule has 1 saturated heterocycles. The summed E-state index contributed by atoms with van der Waals surface area (Å²) in [5, 5.41) is 10.0. The third-order valence-electron chi connectivity index (χ3n) is 5.21. The third kappa shape index (κ3) is 3.04. The first-order valence-corrected chi connectivity index (χ1v) is 8.53. The van der Waals surface area contributed by atoms with E-state index in [0.29, 0.717) is 0 Å². The van der Waals surface area contributed by atoms with Gasteiger partial charge in [0.2, 0.25) is 5.91 Å². The molecule has 3 nitrogen and oxygen atoms in total. The summed E-state index contributed by atoms with van der Waals surface area (Å²) in [5.41, 5.74) is 1.26. The molecule has 1 saturated carbocycles. The first-order chi connectivity index (χ1) is 12.0. The molecule has 4 unspecified atom stereocenters. The van der Waals surface area contributed by atoms with Crippen LogP contribution in [0.1, 0.15) is 35.9 Å². The number of hydrogen-bond donors (Lipinski definition) is 1. The van der Waals surface area contributed by atoms with Crippen LogP contribution in [0.3, 0.4) is 0 Å². The molecule has 0 aromatic heterocycles. The number of hydrogen-bond acceptors (Lipinski definition) is 2. The van der Waals surface area contributed by atoms with E-state index in [4.69, 9.17) is 0 Å². The van der Waals surface area contributed by atoms with Gasteiger partial charge in [-0.1, -0.05) is 30.3 Å². The predicted octanol–water partition coefficient (Wildman–Crippen LogP) is 3.40. The van der Waals surface area contributed by atoms with E-state index < -0.39 is 23.8 Å². The van der Waals surface area contributed by atoms with Gasteiger partial charge in [-0.15, -0.1) is 0 Å². The highest BCUT2D eigenvalue weighted by atomic mass is 19.1. The molecule has 2 aliphatic rings. The van der Waals surface area contributed by atoms with Crippen LogP contribution >= 0.6 is 0 Å². The molecule has 1 amide bonds. The van der Waals surface area contributed by atoms with Crippen LogP contribution in [0.2, 0.25) is 0 Å². The Morgan fingerprint density at radius 2 is 1.84 bits per heavy atom. The third-order valence-corrected chi connectivity index (χ3v) is 5.21. The number of benzene rings is 2. The summed E-state index contributed by atoms with van der Waals surface area (Å²) in [6.07, 6.45) is 0.272. The van der Waals surface area contributed by atoms with Crippen molar-refractivity contribution >= 4 is 5.91 Å². The second-order valence-electron chi connectivity index (χ2n) is 6.92. The molecular weight excluding hydrogens is 324 g/mol. The molecule has 4 atom stereocenters.